The summed E-state index contributed by atoms with van der Waals surface area (Å²) < 4.78 is 4.76. The normalized spacial score (nSPS) is 21.4. The first-order valence-electron chi connectivity index (χ1n) is 10.3. The van der Waals surface area contributed by atoms with Gasteiger partial charge in [-0.1, -0.05) is 49.1 Å². The van der Waals surface area contributed by atoms with Crippen LogP contribution in [0.25, 0.3) is 0 Å². The Balaban J connectivity index is 1.57. The number of carbonyl (C=O) groups excluding carboxylic acids is 1. The molecule has 1 aliphatic rings. The summed E-state index contributed by atoms with van der Waals surface area (Å²) in [6, 6.07) is 18.7. The van der Waals surface area contributed by atoms with Crippen LogP contribution in [-0.4, -0.2) is 30.3 Å². The van der Waals surface area contributed by atoms with Crippen LogP contribution in [0, 0.1) is 17.8 Å². The van der Waals surface area contributed by atoms with Crippen LogP contribution in [0.1, 0.15) is 49.8 Å². The van der Waals surface area contributed by atoms with E-state index >= 15 is 0 Å². The lowest BCUT2D eigenvalue weighted by Gasteiger charge is -2.20. The van der Waals surface area contributed by atoms with Crippen molar-refractivity contribution in [3.05, 3.63) is 71.3 Å². The van der Waals surface area contributed by atoms with Gasteiger partial charge in [0.05, 0.1) is 12.7 Å². The van der Waals surface area contributed by atoms with Gasteiger partial charge in [0.15, 0.2) is 0 Å². The van der Waals surface area contributed by atoms with Gasteiger partial charge >= 0.3 is 0 Å². The third-order valence-corrected chi connectivity index (χ3v) is 5.53. The van der Waals surface area contributed by atoms with E-state index in [-0.39, 0.29) is 6.10 Å². The van der Waals surface area contributed by atoms with Gasteiger partial charge in [0, 0.05) is 29.6 Å². The lowest BCUT2D eigenvalue weighted by atomic mass is 9.94. The highest BCUT2D eigenvalue weighted by molar-refractivity contribution is 5.43. The number of rotatable bonds is 8. The number of unbranched alkanes of at least 4 members (excludes halogenated alkanes) is 1. The van der Waals surface area contributed by atoms with Crippen LogP contribution in [0.5, 0.6) is 0 Å². The molecule has 1 heterocycles. The predicted molar refractivity (Wildman–Crippen MR) is 114 cm³/mol. The summed E-state index contributed by atoms with van der Waals surface area (Å²) in [5.74, 6) is 6.93. The minimum absolute atomic E-state index is 0.210. The summed E-state index contributed by atoms with van der Waals surface area (Å²) in [6.45, 7) is 6.22. The first-order chi connectivity index (χ1) is 14.2. The topological polar surface area (TPSA) is 38.8 Å². The molecule has 2 aromatic carbocycles. The molecule has 3 rings (SSSR count). The number of hydrogen-bond donors (Lipinski definition) is 0. The van der Waals surface area contributed by atoms with E-state index in [1.807, 2.05) is 36.4 Å². The maximum Gasteiger partial charge on any atom is 0.293 e. The van der Waals surface area contributed by atoms with Crippen molar-refractivity contribution in [1.82, 2.24) is 5.06 Å². The van der Waals surface area contributed by atoms with Gasteiger partial charge in [0.25, 0.3) is 6.47 Å². The molecule has 1 fully saturated rings. The van der Waals surface area contributed by atoms with E-state index in [1.165, 1.54) is 5.56 Å². The van der Waals surface area contributed by atoms with Crippen molar-refractivity contribution in [1.29, 1.82) is 0 Å². The van der Waals surface area contributed by atoms with Gasteiger partial charge in [-0.25, -0.2) is 0 Å². The Kier molecular flexibility index (Phi) is 7.86. The Morgan fingerprint density at radius 2 is 1.79 bits per heavy atom. The lowest BCUT2D eigenvalue weighted by Crippen LogP contribution is -2.27. The average molecular weight is 392 g/mol. The number of benzene rings is 2. The molecule has 3 unspecified atom stereocenters. The van der Waals surface area contributed by atoms with Crippen LogP contribution in [0.2, 0.25) is 0 Å². The van der Waals surface area contributed by atoms with Crippen LogP contribution in [0.3, 0.4) is 0 Å². The van der Waals surface area contributed by atoms with Crippen LogP contribution >= 0.6 is 0 Å². The molecule has 1 saturated heterocycles. The number of carbonyl (C=O) groups is 1. The maximum atomic E-state index is 10.2. The molecular formula is C25H29NO3. The number of ether oxygens (including phenoxy) is 1. The first kappa shape index (κ1) is 21.1. The van der Waals surface area contributed by atoms with Gasteiger partial charge in [-0.2, -0.15) is 5.06 Å². The Bertz CT molecular complexity index is 840. The number of hydrogen-bond acceptors (Lipinski definition) is 4. The molecule has 4 nitrogen and oxygen atoms in total. The Hall–Kier alpha value is -2.61. The minimum atomic E-state index is 0.210. The van der Waals surface area contributed by atoms with E-state index in [1.54, 1.807) is 0 Å². The van der Waals surface area contributed by atoms with Crippen molar-refractivity contribution in [2.24, 2.45) is 5.92 Å². The third-order valence-electron chi connectivity index (χ3n) is 5.53. The van der Waals surface area contributed by atoms with Crippen molar-refractivity contribution < 1.29 is 14.4 Å². The highest BCUT2D eigenvalue weighted by atomic mass is 16.7. The van der Waals surface area contributed by atoms with Gasteiger partial charge in [-0.15, -0.1) is 0 Å². The second-order valence-corrected chi connectivity index (χ2v) is 7.60. The smallest absolute Gasteiger partial charge is 0.293 e. The number of hydroxylamine groups is 2. The zero-order valence-corrected chi connectivity index (χ0v) is 17.2. The van der Waals surface area contributed by atoms with E-state index in [0.29, 0.717) is 25.0 Å². The number of nitrogens with zero attached hydrogens (tertiary/aromatic N) is 1. The molecule has 0 bridgehead atoms. The fourth-order valence-corrected chi connectivity index (χ4v) is 3.61. The second kappa shape index (κ2) is 10.8. The lowest BCUT2D eigenvalue weighted by molar-refractivity contribution is -0.169. The molecule has 0 aromatic heterocycles. The summed E-state index contributed by atoms with van der Waals surface area (Å²) in [5.41, 5.74) is 3.23. The van der Waals surface area contributed by atoms with Crippen LogP contribution < -0.4 is 0 Å². The van der Waals surface area contributed by atoms with E-state index in [2.05, 4.69) is 49.0 Å². The van der Waals surface area contributed by atoms with E-state index in [4.69, 9.17) is 9.57 Å². The van der Waals surface area contributed by atoms with Crippen LogP contribution in [0.4, 0.5) is 0 Å². The fourth-order valence-electron chi connectivity index (χ4n) is 3.61. The Morgan fingerprint density at radius 1 is 1.03 bits per heavy atom. The molecule has 152 valence electrons. The summed E-state index contributed by atoms with van der Waals surface area (Å²) in [4.78, 5) is 16.5. The SMILES string of the molecule is CC1C(CCCCOC=O)ON(Cc2cccc(C#Cc3ccccc3)c2)C1C. The second-order valence-electron chi connectivity index (χ2n) is 7.60. The molecule has 29 heavy (non-hydrogen) atoms. The maximum absolute atomic E-state index is 10.2. The zero-order chi connectivity index (χ0) is 20.5. The average Bonchev–Trinajstić information content (AvgIpc) is 3.01. The summed E-state index contributed by atoms with van der Waals surface area (Å²) in [5, 5.41) is 2.10. The van der Waals surface area contributed by atoms with Gasteiger partial charge < -0.3 is 4.74 Å². The Morgan fingerprint density at radius 3 is 2.59 bits per heavy atom. The molecule has 0 radical (unpaired) electrons. The van der Waals surface area contributed by atoms with Crippen LogP contribution in [0.15, 0.2) is 54.6 Å². The molecule has 2 aromatic rings. The Labute approximate surface area is 173 Å². The zero-order valence-electron chi connectivity index (χ0n) is 17.2. The highest BCUT2D eigenvalue weighted by Gasteiger charge is 2.37. The van der Waals surface area contributed by atoms with Crippen LogP contribution in [-0.2, 0) is 20.9 Å². The molecule has 0 N–H and O–H groups in total. The molecule has 0 aliphatic carbocycles. The molecular weight excluding hydrogens is 362 g/mol. The molecule has 0 saturated carbocycles. The largest absolute Gasteiger partial charge is 0.468 e. The molecule has 1 aliphatic heterocycles. The van der Waals surface area contributed by atoms with Gasteiger partial charge in [-0.3, -0.25) is 9.63 Å². The molecule has 3 atom stereocenters. The van der Waals surface area contributed by atoms with Crippen molar-refractivity contribution in [2.45, 2.75) is 51.8 Å². The van der Waals surface area contributed by atoms with E-state index in [9.17, 15) is 4.79 Å². The van der Waals surface area contributed by atoms with E-state index in [0.717, 1.165) is 36.9 Å². The van der Waals surface area contributed by atoms with E-state index < -0.39 is 0 Å². The van der Waals surface area contributed by atoms with Gasteiger partial charge in [0.2, 0.25) is 0 Å². The fraction of sp³-hybridized carbons (Fsp3) is 0.400. The first-order valence-corrected chi connectivity index (χ1v) is 10.3. The van der Waals surface area contributed by atoms with Crippen molar-refractivity contribution in [3.63, 3.8) is 0 Å². The standard InChI is InChI=1S/C25H29NO3/c1-20-21(2)26(29-25(20)13-6-7-16-28-19-27)18-24-12-8-11-23(17-24)15-14-22-9-4-3-5-10-22/h3-5,8-12,17,19-21,25H,6-7,13,16,18H2,1-2H3. The van der Waals surface area contributed by atoms with Crippen molar-refractivity contribution in [2.75, 3.05) is 6.61 Å². The van der Waals surface area contributed by atoms with Crippen molar-refractivity contribution in [3.8, 4) is 11.8 Å². The minimum Gasteiger partial charge on any atom is -0.468 e. The molecule has 0 amide bonds. The summed E-state index contributed by atoms with van der Waals surface area (Å²) in [7, 11) is 0. The monoisotopic (exact) mass is 391 g/mol. The predicted octanol–water partition coefficient (Wildman–Crippen LogP) is 4.57. The summed E-state index contributed by atoms with van der Waals surface area (Å²) >= 11 is 0. The third kappa shape index (κ3) is 6.19. The highest BCUT2D eigenvalue weighted by Crippen LogP contribution is 2.31. The summed E-state index contributed by atoms with van der Waals surface area (Å²) in [6.07, 6.45) is 3.06. The quantitative estimate of drug-likeness (QED) is 0.375. The van der Waals surface area contributed by atoms with Gasteiger partial charge in [0.1, 0.15) is 0 Å². The molecule has 4 heteroatoms. The molecule has 0 spiro atoms. The van der Waals surface area contributed by atoms with Crippen molar-refractivity contribution >= 4 is 6.47 Å². The van der Waals surface area contributed by atoms with Gasteiger partial charge in [-0.05, 0) is 56.0 Å².